The highest BCUT2D eigenvalue weighted by Crippen LogP contribution is 2.14. The molecule has 0 radical (unpaired) electrons. The molecule has 0 spiro atoms. The molecule has 2 rings (SSSR count). The van der Waals surface area contributed by atoms with E-state index in [0.717, 1.165) is 17.7 Å². The number of hydrogen-bond donors (Lipinski definition) is 2. The maximum atomic E-state index is 12.1. The molecule has 1 unspecified atom stereocenters. The number of benzene rings is 1. The number of anilines is 2. The Kier molecular flexibility index (Phi) is 4.87. The first-order valence-corrected chi connectivity index (χ1v) is 7.05. The van der Waals surface area contributed by atoms with Crippen molar-refractivity contribution < 1.29 is 4.79 Å². The van der Waals surface area contributed by atoms with Crippen LogP contribution in [0.15, 0.2) is 36.7 Å². The quantitative estimate of drug-likeness (QED) is 0.884. The third-order valence-corrected chi connectivity index (χ3v) is 3.28. The van der Waals surface area contributed by atoms with Crippen LogP contribution in [0, 0.1) is 6.92 Å². The first-order valence-electron chi connectivity index (χ1n) is 7.05. The van der Waals surface area contributed by atoms with Crippen LogP contribution in [-0.4, -0.2) is 21.9 Å². The Morgan fingerprint density at radius 2 is 2.00 bits per heavy atom. The molecule has 0 bridgehead atoms. The van der Waals surface area contributed by atoms with Gasteiger partial charge in [-0.1, -0.05) is 25.1 Å². The Morgan fingerprint density at radius 3 is 2.62 bits per heavy atom. The van der Waals surface area contributed by atoms with Gasteiger partial charge in [0.15, 0.2) is 0 Å². The summed E-state index contributed by atoms with van der Waals surface area (Å²) in [5, 5.41) is 6.05. The average molecular weight is 284 g/mol. The van der Waals surface area contributed by atoms with Crippen LogP contribution in [0.4, 0.5) is 11.5 Å². The zero-order valence-electron chi connectivity index (χ0n) is 12.6. The van der Waals surface area contributed by atoms with Crippen molar-refractivity contribution >= 4 is 17.4 Å². The van der Waals surface area contributed by atoms with Crippen molar-refractivity contribution in [1.29, 1.82) is 0 Å². The lowest BCUT2D eigenvalue weighted by Crippen LogP contribution is -2.17. The molecule has 0 fully saturated rings. The van der Waals surface area contributed by atoms with Gasteiger partial charge in [0.25, 0.3) is 5.91 Å². The monoisotopic (exact) mass is 284 g/mol. The minimum absolute atomic E-state index is 0.258. The van der Waals surface area contributed by atoms with Crippen LogP contribution >= 0.6 is 0 Å². The largest absolute Gasteiger partial charge is 0.366 e. The van der Waals surface area contributed by atoms with E-state index in [2.05, 4.69) is 34.4 Å². The summed E-state index contributed by atoms with van der Waals surface area (Å²) in [4.78, 5) is 20.5. The maximum Gasteiger partial charge on any atom is 0.275 e. The summed E-state index contributed by atoms with van der Waals surface area (Å²) in [6.45, 7) is 6.11. The van der Waals surface area contributed by atoms with E-state index in [1.807, 2.05) is 31.2 Å². The Bertz CT molecular complexity index is 610. The minimum atomic E-state index is -0.258. The zero-order valence-corrected chi connectivity index (χ0v) is 12.6. The second kappa shape index (κ2) is 6.83. The number of hydrogen-bond acceptors (Lipinski definition) is 4. The van der Waals surface area contributed by atoms with Gasteiger partial charge in [-0.25, -0.2) is 9.97 Å². The fraction of sp³-hybridized carbons (Fsp3) is 0.312. The van der Waals surface area contributed by atoms with Gasteiger partial charge in [0.2, 0.25) is 0 Å². The molecular formula is C16H20N4O. The molecule has 0 aliphatic heterocycles. The van der Waals surface area contributed by atoms with E-state index in [4.69, 9.17) is 0 Å². The molecule has 1 heterocycles. The molecule has 1 amide bonds. The van der Waals surface area contributed by atoms with E-state index >= 15 is 0 Å². The molecule has 0 saturated heterocycles. The van der Waals surface area contributed by atoms with Gasteiger partial charge >= 0.3 is 0 Å². The number of aromatic nitrogens is 2. The first-order chi connectivity index (χ1) is 10.1. The SMILES string of the molecule is CCC(C)Nc1cnc(C(=O)Nc2ccccc2C)cn1. The molecule has 5 nitrogen and oxygen atoms in total. The van der Waals surface area contributed by atoms with Gasteiger partial charge in [-0.2, -0.15) is 0 Å². The van der Waals surface area contributed by atoms with E-state index in [1.54, 1.807) is 6.20 Å². The summed E-state index contributed by atoms with van der Waals surface area (Å²) in [6.07, 6.45) is 4.06. The predicted molar refractivity (Wildman–Crippen MR) is 84.5 cm³/mol. The van der Waals surface area contributed by atoms with Crippen molar-refractivity contribution in [1.82, 2.24) is 9.97 Å². The van der Waals surface area contributed by atoms with Crippen LogP contribution in [0.1, 0.15) is 36.3 Å². The van der Waals surface area contributed by atoms with E-state index in [-0.39, 0.29) is 5.91 Å². The van der Waals surface area contributed by atoms with Gasteiger partial charge in [-0.05, 0) is 31.9 Å². The van der Waals surface area contributed by atoms with Crippen molar-refractivity contribution in [2.24, 2.45) is 0 Å². The topological polar surface area (TPSA) is 66.9 Å². The molecule has 5 heteroatoms. The summed E-state index contributed by atoms with van der Waals surface area (Å²) in [5.41, 5.74) is 2.09. The van der Waals surface area contributed by atoms with E-state index in [9.17, 15) is 4.79 Å². The van der Waals surface area contributed by atoms with Gasteiger partial charge in [-0.3, -0.25) is 4.79 Å². The van der Waals surface area contributed by atoms with E-state index < -0.39 is 0 Å². The summed E-state index contributed by atoms with van der Waals surface area (Å²) >= 11 is 0. The summed E-state index contributed by atoms with van der Waals surface area (Å²) in [5.74, 6) is 0.420. The Labute approximate surface area is 124 Å². The number of amides is 1. The highest BCUT2D eigenvalue weighted by atomic mass is 16.1. The standard InChI is InChI=1S/C16H20N4O/c1-4-12(3)19-15-10-17-14(9-18-15)16(21)20-13-8-6-5-7-11(13)2/h5-10,12H,4H2,1-3H3,(H,18,19)(H,20,21). The molecule has 1 aromatic heterocycles. The smallest absolute Gasteiger partial charge is 0.275 e. The molecule has 0 saturated carbocycles. The molecule has 0 aliphatic rings. The van der Waals surface area contributed by atoms with Crippen LogP contribution in [-0.2, 0) is 0 Å². The predicted octanol–water partition coefficient (Wildman–Crippen LogP) is 3.25. The number of para-hydroxylation sites is 1. The van der Waals surface area contributed by atoms with Gasteiger partial charge in [0, 0.05) is 11.7 Å². The second-order valence-electron chi connectivity index (χ2n) is 5.01. The van der Waals surface area contributed by atoms with Crippen LogP contribution < -0.4 is 10.6 Å². The summed E-state index contributed by atoms with van der Waals surface area (Å²) in [7, 11) is 0. The van der Waals surface area contributed by atoms with Crippen molar-refractivity contribution in [3.63, 3.8) is 0 Å². The third-order valence-electron chi connectivity index (χ3n) is 3.28. The summed E-state index contributed by atoms with van der Waals surface area (Å²) in [6, 6.07) is 7.94. The fourth-order valence-electron chi connectivity index (χ4n) is 1.77. The van der Waals surface area contributed by atoms with Crippen LogP contribution in [0.3, 0.4) is 0 Å². The van der Waals surface area contributed by atoms with E-state index in [0.29, 0.717) is 17.6 Å². The van der Waals surface area contributed by atoms with Gasteiger partial charge in [-0.15, -0.1) is 0 Å². The Morgan fingerprint density at radius 1 is 1.24 bits per heavy atom. The molecule has 1 aromatic carbocycles. The number of rotatable bonds is 5. The van der Waals surface area contributed by atoms with Gasteiger partial charge < -0.3 is 10.6 Å². The molecule has 21 heavy (non-hydrogen) atoms. The maximum absolute atomic E-state index is 12.1. The average Bonchev–Trinajstić information content (AvgIpc) is 2.50. The lowest BCUT2D eigenvalue weighted by Gasteiger charge is -2.12. The minimum Gasteiger partial charge on any atom is -0.366 e. The summed E-state index contributed by atoms with van der Waals surface area (Å²) < 4.78 is 0. The number of aryl methyl sites for hydroxylation is 1. The lowest BCUT2D eigenvalue weighted by molar-refractivity contribution is 0.102. The molecule has 2 aromatic rings. The van der Waals surface area contributed by atoms with Crippen LogP contribution in [0.25, 0.3) is 0 Å². The van der Waals surface area contributed by atoms with Crippen LogP contribution in [0.2, 0.25) is 0 Å². The fourth-order valence-corrected chi connectivity index (χ4v) is 1.77. The van der Waals surface area contributed by atoms with Crippen molar-refractivity contribution in [2.45, 2.75) is 33.2 Å². The number of nitrogens with zero attached hydrogens (tertiary/aromatic N) is 2. The Hall–Kier alpha value is -2.43. The molecule has 2 N–H and O–H groups in total. The highest BCUT2D eigenvalue weighted by molar-refractivity contribution is 6.03. The number of carbonyl (C=O) groups is 1. The molecule has 0 aliphatic carbocycles. The van der Waals surface area contributed by atoms with Gasteiger partial charge in [0.1, 0.15) is 11.5 Å². The van der Waals surface area contributed by atoms with Gasteiger partial charge in [0.05, 0.1) is 12.4 Å². The first kappa shape index (κ1) is 15.0. The van der Waals surface area contributed by atoms with Crippen molar-refractivity contribution in [3.05, 3.63) is 47.9 Å². The van der Waals surface area contributed by atoms with E-state index in [1.165, 1.54) is 6.20 Å². The zero-order chi connectivity index (χ0) is 15.2. The molecule has 1 atom stereocenters. The molecule has 110 valence electrons. The van der Waals surface area contributed by atoms with Crippen molar-refractivity contribution in [3.8, 4) is 0 Å². The Balaban J connectivity index is 2.05. The third kappa shape index (κ3) is 4.02. The molecular weight excluding hydrogens is 264 g/mol. The van der Waals surface area contributed by atoms with Crippen LogP contribution in [0.5, 0.6) is 0 Å². The van der Waals surface area contributed by atoms with Crippen molar-refractivity contribution in [2.75, 3.05) is 10.6 Å². The highest BCUT2D eigenvalue weighted by Gasteiger charge is 2.10. The second-order valence-corrected chi connectivity index (χ2v) is 5.01. The number of carbonyl (C=O) groups excluding carboxylic acids is 1. The number of nitrogens with one attached hydrogen (secondary N) is 2. The lowest BCUT2D eigenvalue weighted by atomic mass is 10.2. The normalized spacial score (nSPS) is 11.8.